The van der Waals surface area contributed by atoms with E-state index in [1.165, 1.54) is 19.1 Å². The second-order valence-corrected chi connectivity index (χ2v) is 10.6. The van der Waals surface area contributed by atoms with E-state index in [0.29, 0.717) is 0 Å². The molecule has 37 heavy (non-hydrogen) atoms. The van der Waals surface area contributed by atoms with Gasteiger partial charge < -0.3 is 24.2 Å². The van der Waals surface area contributed by atoms with Crippen LogP contribution < -0.4 is 20.9 Å². The van der Waals surface area contributed by atoms with Crippen molar-refractivity contribution in [2.75, 3.05) is 0 Å². The van der Waals surface area contributed by atoms with E-state index in [1.807, 2.05) is 4.98 Å². The van der Waals surface area contributed by atoms with Gasteiger partial charge in [0, 0.05) is 16.4 Å². The lowest BCUT2D eigenvalue weighted by molar-refractivity contribution is -0.149. The molecular weight excluding hydrogens is 509 g/mol. The Kier molecular flexibility index (Phi) is 7.49. The molecule has 7 atom stereocenters. The summed E-state index contributed by atoms with van der Waals surface area (Å²) in [6.07, 6.45) is -7.35. The number of esters is 1. The van der Waals surface area contributed by atoms with E-state index in [2.05, 4.69) is 5.09 Å². The number of nitrogens with zero attached hydrogens (tertiary/aromatic N) is 1. The number of carbonyl (C=O) groups is 1. The van der Waals surface area contributed by atoms with Crippen LogP contribution in [0.4, 0.5) is 0 Å². The van der Waals surface area contributed by atoms with Gasteiger partial charge in [-0.15, -0.1) is 0 Å². The van der Waals surface area contributed by atoms with Gasteiger partial charge in [0.05, 0.1) is 12.2 Å². The third-order valence-electron chi connectivity index (χ3n) is 5.38. The van der Waals surface area contributed by atoms with Gasteiger partial charge in [0.15, 0.2) is 6.23 Å². The molecule has 2 heterocycles. The summed E-state index contributed by atoms with van der Waals surface area (Å²) in [5.41, 5.74) is -4.03. The Labute approximate surface area is 217 Å². The summed E-state index contributed by atoms with van der Waals surface area (Å²) in [5, 5.41) is 24.4. The molecule has 0 aliphatic carbocycles. The normalized spacial score (nSPS) is 28.4. The van der Waals surface area contributed by atoms with Gasteiger partial charge in [-0.1, -0.05) is 18.2 Å². The molecule has 1 fully saturated rings. The molecule has 204 valence electrons. The zero-order chi connectivity index (χ0) is 30.0. The maximum Gasteiger partial charge on any atom is 0.459 e. The standard InChI is InChI=1S/C23H32N3O10P/c1-13(2)33-20(29)14(3)25-37(32,36-16-9-7-6-8-10-16)35-15(4)18-19(28)23(5,31)21(34-18)26-12-11-17(27)24-22(26)30/h6-15,18-19,21,28,31H,1-5H3,(H,25,32)(H,24,27,30)/t14-,15?,18+,19+,21+,23+,37-/m0/s1/i4D3. The number of aliphatic hydroxyl groups excluding tert-OH is 1. The number of benzene rings is 1. The van der Waals surface area contributed by atoms with Crippen molar-refractivity contribution < 1.29 is 42.2 Å². The number of carbonyl (C=O) groups excluding carboxylic acids is 1. The molecule has 14 heteroatoms. The topological polar surface area (TPSA) is 178 Å². The summed E-state index contributed by atoms with van der Waals surface area (Å²) in [5.74, 6) is -0.844. The SMILES string of the molecule is [2H]C([2H])([2H])C(O[P@@](=O)(N[C@@H](C)C(=O)OC(C)C)Oc1ccccc1)[C@H]1O[C@@H](n2ccc(=O)[nH]c2=O)[C@](C)(O)[C@@H]1O. The highest BCUT2D eigenvalue weighted by atomic mass is 31.2. The predicted molar refractivity (Wildman–Crippen MR) is 131 cm³/mol. The van der Waals surface area contributed by atoms with Crippen molar-refractivity contribution in [2.45, 2.75) is 76.8 Å². The minimum Gasteiger partial charge on any atom is -0.462 e. The smallest absolute Gasteiger partial charge is 0.459 e. The number of nitrogens with one attached hydrogen (secondary N) is 2. The Morgan fingerprint density at radius 2 is 1.95 bits per heavy atom. The second kappa shape index (κ2) is 11.3. The van der Waals surface area contributed by atoms with Crippen LogP contribution in [0.25, 0.3) is 0 Å². The van der Waals surface area contributed by atoms with Gasteiger partial charge >= 0.3 is 19.4 Å². The van der Waals surface area contributed by atoms with Crippen LogP contribution in [-0.2, 0) is 23.4 Å². The van der Waals surface area contributed by atoms with Crippen molar-refractivity contribution in [3.63, 3.8) is 0 Å². The lowest BCUT2D eigenvalue weighted by Gasteiger charge is -2.29. The van der Waals surface area contributed by atoms with Gasteiger partial charge in [0.1, 0.15) is 29.6 Å². The van der Waals surface area contributed by atoms with Crippen molar-refractivity contribution in [1.29, 1.82) is 0 Å². The van der Waals surface area contributed by atoms with E-state index in [1.54, 1.807) is 32.0 Å². The van der Waals surface area contributed by atoms with Gasteiger partial charge in [0.25, 0.3) is 5.56 Å². The molecule has 1 unspecified atom stereocenters. The second-order valence-electron chi connectivity index (χ2n) is 8.91. The van der Waals surface area contributed by atoms with Crippen molar-refractivity contribution in [3.8, 4) is 5.75 Å². The fraction of sp³-hybridized carbons (Fsp3) is 0.522. The number of para-hydroxylation sites is 1. The first-order valence-corrected chi connectivity index (χ1v) is 12.9. The zero-order valence-corrected chi connectivity index (χ0v) is 21.5. The van der Waals surface area contributed by atoms with E-state index in [9.17, 15) is 29.2 Å². The quantitative estimate of drug-likeness (QED) is 0.248. The molecule has 1 saturated heterocycles. The van der Waals surface area contributed by atoms with E-state index in [-0.39, 0.29) is 5.75 Å². The highest BCUT2D eigenvalue weighted by Crippen LogP contribution is 2.49. The molecule has 0 bridgehead atoms. The number of ether oxygens (including phenoxy) is 2. The highest BCUT2D eigenvalue weighted by Gasteiger charge is 2.56. The molecule has 0 radical (unpaired) electrons. The molecule has 0 amide bonds. The molecule has 0 spiro atoms. The average molecular weight is 545 g/mol. The number of aliphatic hydroxyl groups is 2. The van der Waals surface area contributed by atoms with E-state index < -0.39 is 74.1 Å². The molecule has 1 aromatic heterocycles. The van der Waals surface area contributed by atoms with Crippen LogP contribution in [-0.4, -0.2) is 61.8 Å². The Morgan fingerprint density at radius 3 is 2.54 bits per heavy atom. The average Bonchev–Trinajstić information content (AvgIpc) is 3.05. The molecular formula is C23H32N3O10P. The van der Waals surface area contributed by atoms with Crippen molar-refractivity contribution in [3.05, 3.63) is 63.4 Å². The monoisotopic (exact) mass is 544 g/mol. The highest BCUT2D eigenvalue weighted by molar-refractivity contribution is 7.52. The van der Waals surface area contributed by atoms with E-state index in [4.69, 9.17) is 22.6 Å². The number of aromatic nitrogens is 2. The fourth-order valence-electron chi connectivity index (χ4n) is 3.57. The largest absolute Gasteiger partial charge is 0.462 e. The maximum absolute atomic E-state index is 14.0. The molecule has 1 aliphatic rings. The van der Waals surface area contributed by atoms with Gasteiger partial charge in [-0.05, 0) is 46.7 Å². The summed E-state index contributed by atoms with van der Waals surface area (Å²) < 4.78 is 60.7. The first-order chi connectivity index (χ1) is 18.4. The summed E-state index contributed by atoms with van der Waals surface area (Å²) in [6, 6.07) is 7.20. The number of aromatic amines is 1. The van der Waals surface area contributed by atoms with Crippen molar-refractivity contribution in [2.24, 2.45) is 0 Å². The molecule has 13 nitrogen and oxygen atoms in total. The van der Waals surface area contributed by atoms with Gasteiger partial charge in [0.2, 0.25) is 0 Å². The fourth-order valence-corrected chi connectivity index (χ4v) is 5.12. The molecule has 3 rings (SSSR count). The van der Waals surface area contributed by atoms with E-state index in [0.717, 1.165) is 23.8 Å². The molecule has 1 aliphatic heterocycles. The third-order valence-corrected chi connectivity index (χ3v) is 7.04. The number of hydrogen-bond acceptors (Lipinski definition) is 10. The Balaban J connectivity index is 2.00. The predicted octanol–water partition coefficient (Wildman–Crippen LogP) is 1.07. The zero-order valence-electron chi connectivity index (χ0n) is 23.6. The Hall–Kier alpha value is -2.80. The van der Waals surface area contributed by atoms with Crippen molar-refractivity contribution >= 4 is 13.7 Å². The third kappa shape index (κ3) is 6.75. The molecule has 2 aromatic rings. The summed E-state index contributed by atoms with van der Waals surface area (Å²) in [6.45, 7) is 2.43. The lowest BCUT2D eigenvalue weighted by Crippen LogP contribution is -2.48. The van der Waals surface area contributed by atoms with Crippen LogP contribution >= 0.6 is 7.75 Å². The van der Waals surface area contributed by atoms with E-state index >= 15 is 0 Å². The number of rotatable bonds is 10. The van der Waals surface area contributed by atoms with Crippen LogP contribution in [0.5, 0.6) is 5.75 Å². The van der Waals surface area contributed by atoms with Gasteiger partial charge in [-0.2, -0.15) is 5.09 Å². The summed E-state index contributed by atoms with van der Waals surface area (Å²) in [7, 11) is -4.78. The first kappa shape index (κ1) is 24.5. The van der Waals surface area contributed by atoms with Gasteiger partial charge in [-0.3, -0.25) is 23.7 Å². The number of hydrogen-bond donors (Lipinski definition) is 4. The lowest BCUT2D eigenvalue weighted by atomic mass is 9.94. The first-order valence-electron chi connectivity index (χ1n) is 12.8. The minimum absolute atomic E-state index is 0.00962. The minimum atomic E-state index is -4.78. The maximum atomic E-state index is 14.0. The Bertz CT molecular complexity index is 1350. The van der Waals surface area contributed by atoms with Gasteiger partial charge in [-0.25, -0.2) is 9.36 Å². The Morgan fingerprint density at radius 1 is 1.27 bits per heavy atom. The van der Waals surface area contributed by atoms with Crippen molar-refractivity contribution in [1.82, 2.24) is 14.6 Å². The number of H-pyrrole nitrogens is 1. The summed E-state index contributed by atoms with van der Waals surface area (Å²) >= 11 is 0. The van der Waals surface area contributed by atoms with Crippen LogP contribution in [0.3, 0.4) is 0 Å². The molecule has 4 N–H and O–H groups in total. The summed E-state index contributed by atoms with van der Waals surface area (Å²) in [4.78, 5) is 38.3. The molecule has 1 aromatic carbocycles. The van der Waals surface area contributed by atoms with Crippen LogP contribution in [0.2, 0.25) is 0 Å². The van der Waals surface area contributed by atoms with Crippen LogP contribution in [0, 0.1) is 0 Å². The van der Waals surface area contributed by atoms with Crippen LogP contribution in [0.1, 0.15) is 44.9 Å². The molecule has 0 saturated carbocycles. The van der Waals surface area contributed by atoms with Crippen LogP contribution in [0.15, 0.2) is 52.2 Å².